The van der Waals surface area contributed by atoms with Crippen molar-refractivity contribution in [2.75, 3.05) is 6.54 Å². The first-order chi connectivity index (χ1) is 8.27. The van der Waals surface area contributed by atoms with E-state index in [2.05, 4.69) is 23.5 Å². The summed E-state index contributed by atoms with van der Waals surface area (Å²) in [5, 5.41) is 12.3. The van der Waals surface area contributed by atoms with Gasteiger partial charge in [-0.1, -0.05) is 24.3 Å². The number of rotatable bonds is 3. The summed E-state index contributed by atoms with van der Waals surface area (Å²) in [7, 11) is 0. The minimum absolute atomic E-state index is 0.143. The molecule has 1 aromatic rings. The molecule has 1 heterocycles. The number of aliphatic carboxylic acids is 1. The van der Waals surface area contributed by atoms with Crippen molar-refractivity contribution in [2.45, 2.75) is 37.1 Å². The smallest absolute Gasteiger partial charge is 0.321 e. The van der Waals surface area contributed by atoms with Crippen LogP contribution in [0, 0.1) is 0 Å². The molecule has 90 valence electrons. The number of hydrogen-bond donors (Lipinski definition) is 2. The van der Waals surface area contributed by atoms with E-state index >= 15 is 0 Å². The Morgan fingerprint density at radius 1 is 1.18 bits per heavy atom. The van der Waals surface area contributed by atoms with E-state index in [0.717, 1.165) is 13.0 Å². The van der Waals surface area contributed by atoms with Crippen LogP contribution >= 0.6 is 0 Å². The van der Waals surface area contributed by atoms with Crippen molar-refractivity contribution in [3.63, 3.8) is 0 Å². The fourth-order valence-corrected chi connectivity index (χ4v) is 2.91. The lowest BCUT2D eigenvalue weighted by Crippen LogP contribution is -2.34. The molecule has 2 aliphatic rings. The van der Waals surface area contributed by atoms with E-state index < -0.39 is 12.0 Å². The van der Waals surface area contributed by atoms with Gasteiger partial charge in [0.1, 0.15) is 6.04 Å². The van der Waals surface area contributed by atoms with Gasteiger partial charge in [0, 0.05) is 5.92 Å². The molecule has 3 nitrogen and oxygen atoms in total. The molecule has 0 radical (unpaired) electrons. The highest BCUT2D eigenvalue weighted by atomic mass is 16.4. The van der Waals surface area contributed by atoms with E-state index in [1.807, 2.05) is 6.07 Å². The van der Waals surface area contributed by atoms with Gasteiger partial charge in [0.15, 0.2) is 0 Å². The van der Waals surface area contributed by atoms with E-state index in [-0.39, 0.29) is 5.92 Å². The predicted octanol–water partition coefficient (Wildman–Crippen LogP) is 2.09. The van der Waals surface area contributed by atoms with Gasteiger partial charge in [0.25, 0.3) is 0 Å². The lowest BCUT2D eigenvalue weighted by atomic mass is 9.87. The molecule has 2 N–H and O–H groups in total. The fraction of sp³-hybridized carbons (Fsp3) is 0.500. The molecule has 1 aliphatic carbocycles. The van der Waals surface area contributed by atoms with E-state index in [1.165, 1.54) is 24.0 Å². The lowest BCUT2D eigenvalue weighted by molar-refractivity contribution is -0.139. The minimum Gasteiger partial charge on any atom is -0.480 e. The van der Waals surface area contributed by atoms with Gasteiger partial charge in [-0.2, -0.15) is 0 Å². The van der Waals surface area contributed by atoms with Gasteiger partial charge >= 0.3 is 5.97 Å². The van der Waals surface area contributed by atoms with Crippen molar-refractivity contribution in [1.29, 1.82) is 0 Å². The predicted molar refractivity (Wildman–Crippen MR) is 65.2 cm³/mol. The average molecular weight is 231 g/mol. The monoisotopic (exact) mass is 231 g/mol. The molecule has 0 spiro atoms. The van der Waals surface area contributed by atoms with Crippen LogP contribution in [0.1, 0.15) is 42.2 Å². The van der Waals surface area contributed by atoms with Crippen molar-refractivity contribution in [3.8, 4) is 0 Å². The number of carboxylic acids is 1. The fourth-order valence-electron chi connectivity index (χ4n) is 2.91. The van der Waals surface area contributed by atoms with Gasteiger partial charge in [0.05, 0.1) is 0 Å². The SMILES string of the molecule is O=C(O)C1NCCC1c1ccccc1C1CC1. The van der Waals surface area contributed by atoms with Crippen LogP contribution in [0.15, 0.2) is 24.3 Å². The van der Waals surface area contributed by atoms with E-state index in [4.69, 9.17) is 0 Å². The molecule has 17 heavy (non-hydrogen) atoms. The Morgan fingerprint density at radius 3 is 2.53 bits per heavy atom. The third-order valence-electron chi connectivity index (χ3n) is 3.90. The van der Waals surface area contributed by atoms with Crippen molar-refractivity contribution >= 4 is 5.97 Å². The second-order valence-corrected chi connectivity index (χ2v) is 5.07. The van der Waals surface area contributed by atoms with Crippen LogP contribution in [-0.4, -0.2) is 23.7 Å². The molecule has 3 rings (SSSR count). The van der Waals surface area contributed by atoms with Crippen molar-refractivity contribution in [2.24, 2.45) is 0 Å². The molecule has 2 atom stereocenters. The van der Waals surface area contributed by atoms with E-state index in [9.17, 15) is 9.90 Å². The average Bonchev–Trinajstić information content (AvgIpc) is 3.06. The zero-order valence-electron chi connectivity index (χ0n) is 9.73. The third-order valence-corrected chi connectivity index (χ3v) is 3.90. The number of carboxylic acid groups (broad SMARTS) is 1. The second-order valence-electron chi connectivity index (χ2n) is 5.07. The van der Waals surface area contributed by atoms with Gasteiger partial charge in [-0.25, -0.2) is 0 Å². The van der Waals surface area contributed by atoms with Crippen molar-refractivity contribution in [1.82, 2.24) is 5.32 Å². The number of nitrogens with one attached hydrogen (secondary N) is 1. The van der Waals surface area contributed by atoms with Crippen LogP contribution in [0.5, 0.6) is 0 Å². The molecule has 0 amide bonds. The van der Waals surface area contributed by atoms with Crippen molar-refractivity contribution in [3.05, 3.63) is 35.4 Å². The quantitative estimate of drug-likeness (QED) is 0.837. The Labute approximate surface area is 101 Å². The minimum atomic E-state index is -0.724. The van der Waals surface area contributed by atoms with Crippen LogP contribution in [-0.2, 0) is 4.79 Å². The first-order valence-corrected chi connectivity index (χ1v) is 6.32. The van der Waals surface area contributed by atoms with Gasteiger partial charge < -0.3 is 10.4 Å². The largest absolute Gasteiger partial charge is 0.480 e. The molecular formula is C14H17NO2. The summed E-state index contributed by atoms with van der Waals surface area (Å²) in [6.07, 6.45) is 3.45. The van der Waals surface area contributed by atoms with Gasteiger partial charge in [-0.3, -0.25) is 4.79 Å². The first-order valence-electron chi connectivity index (χ1n) is 6.32. The zero-order chi connectivity index (χ0) is 11.8. The molecule has 1 saturated carbocycles. The molecule has 3 heteroatoms. The van der Waals surface area contributed by atoms with E-state index in [1.54, 1.807) is 0 Å². The Bertz CT molecular complexity index is 440. The molecule has 1 saturated heterocycles. The van der Waals surface area contributed by atoms with Crippen molar-refractivity contribution < 1.29 is 9.90 Å². The molecular weight excluding hydrogens is 214 g/mol. The first kappa shape index (κ1) is 10.8. The maximum absolute atomic E-state index is 11.2. The van der Waals surface area contributed by atoms with E-state index in [0.29, 0.717) is 5.92 Å². The Balaban J connectivity index is 1.95. The summed E-state index contributed by atoms with van der Waals surface area (Å²) in [4.78, 5) is 11.2. The number of hydrogen-bond acceptors (Lipinski definition) is 2. The summed E-state index contributed by atoms with van der Waals surface area (Å²) < 4.78 is 0. The van der Waals surface area contributed by atoms with Crippen LogP contribution in [0.4, 0.5) is 0 Å². The lowest BCUT2D eigenvalue weighted by Gasteiger charge is -2.19. The highest BCUT2D eigenvalue weighted by Gasteiger charge is 2.37. The molecule has 0 aromatic heterocycles. The Morgan fingerprint density at radius 2 is 1.88 bits per heavy atom. The summed E-state index contributed by atoms with van der Waals surface area (Å²) in [5.41, 5.74) is 2.64. The van der Waals surface area contributed by atoms with Gasteiger partial charge in [-0.15, -0.1) is 0 Å². The van der Waals surface area contributed by atoms with Crippen LogP contribution in [0.2, 0.25) is 0 Å². The number of carbonyl (C=O) groups is 1. The summed E-state index contributed by atoms with van der Waals surface area (Å²) in [5.74, 6) is 0.101. The number of benzene rings is 1. The maximum atomic E-state index is 11.2. The van der Waals surface area contributed by atoms with Gasteiger partial charge in [0.2, 0.25) is 0 Å². The molecule has 2 unspecified atom stereocenters. The topological polar surface area (TPSA) is 49.3 Å². The third kappa shape index (κ3) is 1.95. The van der Waals surface area contributed by atoms with Crippen LogP contribution in [0.25, 0.3) is 0 Å². The molecule has 1 aliphatic heterocycles. The van der Waals surface area contributed by atoms with Crippen LogP contribution in [0.3, 0.4) is 0 Å². The van der Waals surface area contributed by atoms with Gasteiger partial charge in [-0.05, 0) is 42.9 Å². The zero-order valence-corrected chi connectivity index (χ0v) is 9.73. The highest BCUT2D eigenvalue weighted by molar-refractivity contribution is 5.75. The summed E-state index contributed by atoms with van der Waals surface area (Å²) in [6, 6.07) is 7.97. The maximum Gasteiger partial charge on any atom is 0.321 e. The standard InChI is InChI=1S/C14H17NO2/c16-14(17)13-12(7-8-15-13)11-4-2-1-3-10(11)9-5-6-9/h1-4,9,12-13,15H,5-8H2,(H,16,17). The second kappa shape index (κ2) is 4.15. The molecule has 2 fully saturated rings. The highest BCUT2D eigenvalue weighted by Crippen LogP contribution is 2.44. The molecule has 1 aromatic carbocycles. The normalized spacial score (nSPS) is 28.2. The summed E-state index contributed by atoms with van der Waals surface area (Å²) in [6.45, 7) is 0.806. The Kier molecular flexibility index (Phi) is 2.63. The Hall–Kier alpha value is -1.35. The summed E-state index contributed by atoms with van der Waals surface area (Å²) >= 11 is 0. The molecule has 0 bridgehead atoms. The van der Waals surface area contributed by atoms with Crippen LogP contribution < -0.4 is 5.32 Å².